The van der Waals surface area contributed by atoms with Crippen molar-refractivity contribution in [1.82, 2.24) is 0 Å². The normalized spacial score (nSPS) is 10.8. The molecule has 0 saturated heterocycles. The minimum atomic E-state index is -1.32. The molecule has 0 fully saturated rings. The summed E-state index contributed by atoms with van der Waals surface area (Å²) >= 11 is 0. The van der Waals surface area contributed by atoms with Gasteiger partial charge in [-0.15, -0.1) is 0 Å². The number of carbonyl (C=O) groups is 2. The predicted octanol–water partition coefficient (Wildman–Crippen LogP) is 5.16. The number of rotatable bonds is 8. The summed E-state index contributed by atoms with van der Waals surface area (Å²) < 4.78 is 0. The van der Waals surface area contributed by atoms with Crippen LogP contribution in [0.2, 0.25) is 0 Å². The van der Waals surface area contributed by atoms with Gasteiger partial charge in [-0.1, -0.05) is 182 Å². The van der Waals surface area contributed by atoms with E-state index >= 15 is 0 Å². The first-order valence-electron chi connectivity index (χ1n) is 14.3. The SMILES string of the molecule is O=C([O-])C(c1ccccc1)(c1ccccc1)c1ccccc1.O=C([O-])C(c1ccccc1)(c1ccccc1)c1ccccc1.[Mg+2]. The van der Waals surface area contributed by atoms with Crippen LogP contribution in [0, 0.1) is 0 Å². The summed E-state index contributed by atoms with van der Waals surface area (Å²) in [4.78, 5) is 24.6. The monoisotopic (exact) mass is 598 g/mol. The molecule has 0 saturated carbocycles. The van der Waals surface area contributed by atoms with Crippen LogP contribution in [-0.4, -0.2) is 35.0 Å². The molecular weight excluding hydrogens is 569 g/mol. The molecule has 4 nitrogen and oxygen atoms in total. The second-order valence-electron chi connectivity index (χ2n) is 10.3. The number of carbonyl (C=O) groups excluding carboxylic acids is 2. The Balaban J connectivity index is 0.000000200. The Bertz CT molecular complexity index is 1450. The van der Waals surface area contributed by atoms with Crippen LogP contribution >= 0.6 is 0 Å². The fourth-order valence-electron chi connectivity index (χ4n) is 5.84. The van der Waals surface area contributed by atoms with E-state index in [2.05, 4.69) is 0 Å². The molecule has 0 aromatic heterocycles. The summed E-state index contributed by atoms with van der Waals surface area (Å²) in [7, 11) is 0. The van der Waals surface area contributed by atoms with Gasteiger partial charge in [0.25, 0.3) is 0 Å². The van der Waals surface area contributed by atoms with Gasteiger partial charge in [0.15, 0.2) is 0 Å². The predicted molar refractivity (Wildman–Crippen MR) is 174 cm³/mol. The molecule has 0 N–H and O–H groups in total. The van der Waals surface area contributed by atoms with E-state index in [1.54, 1.807) is 0 Å². The molecule has 45 heavy (non-hydrogen) atoms. The number of carboxylic acid groups (broad SMARTS) is 2. The third-order valence-corrected chi connectivity index (χ3v) is 7.85. The maximum atomic E-state index is 12.3. The third kappa shape index (κ3) is 6.46. The van der Waals surface area contributed by atoms with E-state index in [0.717, 1.165) is 0 Å². The molecule has 5 heteroatoms. The number of hydrogen-bond acceptors (Lipinski definition) is 4. The van der Waals surface area contributed by atoms with Crippen LogP contribution in [0.5, 0.6) is 0 Å². The maximum Gasteiger partial charge on any atom is 2.00 e. The third-order valence-electron chi connectivity index (χ3n) is 7.85. The maximum absolute atomic E-state index is 12.3. The summed E-state index contributed by atoms with van der Waals surface area (Å²) in [6.07, 6.45) is 0. The first-order valence-corrected chi connectivity index (χ1v) is 14.3. The molecule has 0 amide bonds. The summed E-state index contributed by atoms with van der Waals surface area (Å²) in [5, 5.41) is 24.6. The Morgan fingerprint density at radius 3 is 0.556 bits per heavy atom. The summed E-state index contributed by atoms with van der Waals surface area (Å²) in [5.74, 6) is -2.26. The number of aliphatic carboxylic acids is 2. The second kappa shape index (κ2) is 15.2. The second-order valence-corrected chi connectivity index (χ2v) is 10.3. The fraction of sp³-hybridized carbons (Fsp3) is 0.0500. The van der Waals surface area contributed by atoms with E-state index in [4.69, 9.17) is 0 Å². The van der Waals surface area contributed by atoms with Crippen molar-refractivity contribution in [2.24, 2.45) is 0 Å². The summed E-state index contributed by atoms with van der Waals surface area (Å²) in [5.41, 5.74) is 1.49. The average Bonchev–Trinajstić information content (AvgIpc) is 3.08. The number of carboxylic acids is 2. The molecule has 0 radical (unpaired) electrons. The van der Waals surface area contributed by atoms with Gasteiger partial charge < -0.3 is 19.8 Å². The van der Waals surface area contributed by atoms with Gasteiger partial charge in [0.1, 0.15) is 0 Å². The zero-order chi connectivity index (χ0) is 30.8. The molecule has 0 heterocycles. The Kier molecular flexibility index (Phi) is 11.1. The van der Waals surface area contributed by atoms with Gasteiger partial charge in [-0.3, -0.25) is 0 Å². The molecule has 0 aliphatic rings. The van der Waals surface area contributed by atoms with Crippen LogP contribution in [0.15, 0.2) is 182 Å². The topological polar surface area (TPSA) is 80.3 Å². The Hall–Kier alpha value is -4.97. The summed E-state index contributed by atoms with van der Waals surface area (Å²) in [6.45, 7) is 0. The first kappa shape index (κ1) is 32.9. The molecule has 6 aromatic carbocycles. The molecule has 6 rings (SSSR count). The fourth-order valence-corrected chi connectivity index (χ4v) is 5.84. The van der Waals surface area contributed by atoms with Crippen molar-refractivity contribution in [3.8, 4) is 0 Å². The van der Waals surface area contributed by atoms with Crippen LogP contribution in [0.25, 0.3) is 0 Å². The quantitative estimate of drug-likeness (QED) is 0.179. The molecule has 0 unspecified atom stereocenters. The van der Waals surface area contributed by atoms with Gasteiger partial charge in [-0.05, 0) is 33.4 Å². The smallest absolute Gasteiger partial charge is 0.548 e. The molecule has 0 aliphatic carbocycles. The summed E-state index contributed by atoms with van der Waals surface area (Å²) in [6, 6.07) is 55.4. The van der Waals surface area contributed by atoms with E-state index in [1.807, 2.05) is 182 Å². The zero-order valence-corrected chi connectivity index (χ0v) is 26.1. The minimum Gasteiger partial charge on any atom is -0.548 e. The van der Waals surface area contributed by atoms with Crippen molar-refractivity contribution in [2.75, 3.05) is 0 Å². The number of benzene rings is 6. The molecule has 0 bridgehead atoms. The van der Waals surface area contributed by atoms with Gasteiger partial charge in [0.2, 0.25) is 0 Å². The van der Waals surface area contributed by atoms with E-state index in [9.17, 15) is 19.8 Å². The first-order chi connectivity index (χ1) is 21.5. The van der Waals surface area contributed by atoms with Gasteiger partial charge in [-0.25, -0.2) is 0 Å². The van der Waals surface area contributed by atoms with Crippen LogP contribution in [0.4, 0.5) is 0 Å². The Morgan fingerprint density at radius 2 is 0.444 bits per heavy atom. The molecular formula is C40H30MgO4. The van der Waals surface area contributed by atoms with E-state index in [-0.39, 0.29) is 23.1 Å². The van der Waals surface area contributed by atoms with Gasteiger partial charge in [0, 0.05) is 0 Å². The number of hydrogen-bond donors (Lipinski definition) is 0. The van der Waals surface area contributed by atoms with Crippen LogP contribution in [-0.2, 0) is 20.4 Å². The van der Waals surface area contributed by atoms with Crippen molar-refractivity contribution >= 4 is 35.0 Å². The van der Waals surface area contributed by atoms with Crippen molar-refractivity contribution in [1.29, 1.82) is 0 Å². The molecule has 0 aliphatic heterocycles. The standard InChI is InChI=1S/2C20H16O2.Mg/c2*21-19(22)20(16-10-4-1-5-11-16,17-12-6-2-7-13-17)18-14-8-3-9-15-18;/h2*1-15H,(H,21,22);/q;;+2/p-2. The molecule has 0 spiro atoms. The van der Waals surface area contributed by atoms with Gasteiger partial charge in [0.05, 0.1) is 22.8 Å². The largest absolute Gasteiger partial charge is 2.00 e. The molecule has 6 aromatic rings. The van der Waals surface area contributed by atoms with Gasteiger partial charge >= 0.3 is 23.1 Å². The minimum absolute atomic E-state index is 0. The Morgan fingerprint density at radius 1 is 0.311 bits per heavy atom. The van der Waals surface area contributed by atoms with Crippen molar-refractivity contribution in [2.45, 2.75) is 10.8 Å². The van der Waals surface area contributed by atoms with Crippen molar-refractivity contribution in [3.05, 3.63) is 215 Å². The van der Waals surface area contributed by atoms with Crippen LogP contribution < -0.4 is 10.2 Å². The van der Waals surface area contributed by atoms with Crippen molar-refractivity contribution < 1.29 is 19.8 Å². The molecule has 216 valence electrons. The molecule has 0 atom stereocenters. The zero-order valence-electron chi connectivity index (χ0n) is 24.7. The van der Waals surface area contributed by atoms with Crippen LogP contribution in [0.3, 0.4) is 0 Å². The van der Waals surface area contributed by atoms with E-state index in [1.165, 1.54) is 0 Å². The van der Waals surface area contributed by atoms with E-state index in [0.29, 0.717) is 33.4 Å². The van der Waals surface area contributed by atoms with Gasteiger partial charge in [-0.2, -0.15) is 0 Å². The van der Waals surface area contributed by atoms with Crippen molar-refractivity contribution in [3.63, 3.8) is 0 Å². The van der Waals surface area contributed by atoms with Crippen LogP contribution in [0.1, 0.15) is 33.4 Å². The Labute approximate surface area is 279 Å². The van der Waals surface area contributed by atoms with E-state index < -0.39 is 22.8 Å². The average molecular weight is 599 g/mol.